The maximum Gasteiger partial charge on any atom is 0.335 e. The lowest BCUT2D eigenvalue weighted by atomic mass is 9.93. The van der Waals surface area contributed by atoms with Gasteiger partial charge in [-0.1, -0.05) is 11.6 Å². The van der Waals surface area contributed by atoms with Crippen LogP contribution in [0.15, 0.2) is 0 Å². The summed E-state index contributed by atoms with van der Waals surface area (Å²) in [6, 6.07) is -2.21. The summed E-state index contributed by atoms with van der Waals surface area (Å²) >= 11 is 6.03. The van der Waals surface area contributed by atoms with E-state index in [-0.39, 0.29) is 40.4 Å². The molecule has 1 fully saturated rings. The van der Waals surface area contributed by atoms with Crippen molar-refractivity contribution in [3.8, 4) is 0 Å². The van der Waals surface area contributed by atoms with Crippen LogP contribution in [0, 0.1) is 0 Å². The highest BCUT2D eigenvalue weighted by molar-refractivity contribution is 6.32. The fraction of sp³-hybridized carbons (Fsp3) is 0.562. The summed E-state index contributed by atoms with van der Waals surface area (Å²) in [6.45, 7) is 0.362. The molecule has 0 saturated heterocycles. The first-order chi connectivity index (χ1) is 13.8. The van der Waals surface area contributed by atoms with Crippen LogP contribution in [0.3, 0.4) is 0 Å². The number of rotatable bonds is 6. The lowest BCUT2D eigenvalue weighted by molar-refractivity contribution is -0.922. The summed E-state index contributed by atoms with van der Waals surface area (Å²) in [5.41, 5.74) is 9.81. The van der Waals surface area contributed by atoms with Crippen molar-refractivity contribution in [3.05, 3.63) is 10.8 Å². The Labute approximate surface area is 202 Å². The summed E-state index contributed by atoms with van der Waals surface area (Å²) in [5, 5.41) is 3.26. The van der Waals surface area contributed by atoms with Crippen LogP contribution in [0.4, 0.5) is 21.2 Å². The number of likely N-dealkylation sites (N-methyl/N-ethyl adjacent to an activating group) is 1. The second-order valence-corrected chi connectivity index (χ2v) is 8.41. The van der Waals surface area contributed by atoms with Crippen LogP contribution in [0.1, 0.15) is 36.2 Å². The number of amides is 5. The number of nitrogens with zero attached hydrogens (tertiary/aromatic N) is 5. The molecule has 1 aliphatic carbocycles. The van der Waals surface area contributed by atoms with Crippen molar-refractivity contribution in [2.75, 3.05) is 37.7 Å². The summed E-state index contributed by atoms with van der Waals surface area (Å²) < 4.78 is 0.663. The summed E-state index contributed by atoms with van der Waals surface area (Å²) in [5.74, 6) is 9.66. The molecule has 1 aromatic rings. The number of urea groups is 2. The molecular weight excluding hydrogens is 543 g/mol. The van der Waals surface area contributed by atoms with Crippen LogP contribution in [0.25, 0.3) is 0 Å². The Hall–Kier alpha value is -2.01. The molecular formula is C16H28ClIN10O3. The van der Waals surface area contributed by atoms with Crippen LogP contribution in [-0.2, 0) is 0 Å². The Morgan fingerprint density at radius 2 is 1.52 bits per heavy atom. The quantitative estimate of drug-likeness (QED) is 0.0764. The van der Waals surface area contributed by atoms with Gasteiger partial charge in [0.1, 0.15) is 5.54 Å². The molecule has 0 unspecified atom stereocenters. The lowest BCUT2D eigenvalue weighted by Crippen LogP contribution is -3.00. The number of carbonyl (C=O) groups is 3. The normalized spacial score (nSPS) is 15.0. The van der Waals surface area contributed by atoms with Crippen LogP contribution >= 0.6 is 11.6 Å². The fourth-order valence-corrected chi connectivity index (χ4v) is 3.74. The van der Waals surface area contributed by atoms with Gasteiger partial charge in [0, 0.05) is 12.8 Å². The molecule has 9 N–H and O–H groups in total. The molecule has 1 heterocycles. The fourth-order valence-electron chi connectivity index (χ4n) is 3.53. The largest absolute Gasteiger partial charge is 1.00 e. The topological polar surface area (TPSA) is 200 Å². The van der Waals surface area contributed by atoms with Gasteiger partial charge < -0.3 is 45.2 Å². The van der Waals surface area contributed by atoms with Crippen LogP contribution in [0.2, 0.25) is 5.15 Å². The molecule has 0 bridgehead atoms. The first-order valence-corrected chi connectivity index (χ1v) is 9.54. The molecule has 0 aromatic carbocycles. The molecule has 0 aliphatic heterocycles. The summed E-state index contributed by atoms with van der Waals surface area (Å²) in [6.07, 6.45) is 4.02. The third-order valence-corrected chi connectivity index (χ3v) is 5.75. The second-order valence-electron chi connectivity index (χ2n) is 8.05. The number of hydrogen-bond donors (Lipinski definition) is 5. The smallest absolute Gasteiger partial charge is 0.335 e. The minimum absolute atomic E-state index is 0. The van der Waals surface area contributed by atoms with E-state index in [1.54, 1.807) is 0 Å². The highest BCUT2D eigenvalue weighted by Crippen LogP contribution is 2.37. The standard InChI is InChI=1S/C16H27ClN10O3.HI/c1-27(2,3)16(6-4-5-7-16)8-22-13(28)9-11(25(20)14(18)29)24-12(10(17)23-9)26(21)15(19)30;/h4-8,20-21H2,1-3H3,(H4-,18,19,22,28,29,30);1H. The average molecular weight is 571 g/mol. The van der Waals surface area contributed by atoms with Crippen molar-refractivity contribution in [1.82, 2.24) is 15.3 Å². The van der Waals surface area contributed by atoms with Gasteiger partial charge >= 0.3 is 12.1 Å². The van der Waals surface area contributed by atoms with Crippen molar-refractivity contribution in [2.24, 2.45) is 23.2 Å². The van der Waals surface area contributed by atoms with Gasteiger partial charge in [0.15, 0.2) is 22.5 Å². The highest BCUT2D eigenvalue weighted by Gasteiger charge is 2.45. The van der Waals surface area contributed by atoms with Gasteiger partial charge in [-0.15, -0.1) is 0 Å². The van der Waals surface area contributed by atoms with E-state index in [0.717, 1.165) is 25.7 Å². The zero-order chi connectivity index (χ0) is 22.9. The Bertz CT molecular complexity index is 857. The zero-order valence-corrected chi connectivity index (χ0v) is 20.5. The SMILES string of the molecule is C[N+](C)(C)C1(CNC(=O)c2nc(Cl)c(N(N)C(N)=O)nc2N(N)C(N)=O)CCCC1.[I-]. The molecule has 13 nitrogen and oxygen atoms in total. The molecule has 5 amide bonds. The Kier molecular flexibility index (Phi) is 8.78. The van der Waals surface area contributed by atoms with E-state index in [1.807, 2.05) is 0 Å². The van der Waals surface area contributed by atoms with E-state index in [2.05, 4.69) is 36.4 Å². The van der Waals surface area contributed by atoms with Crippen molar-refractivity contribution < 1.29 is 42.8 Å². The molecule has 0 radical (unpaired) electrons. The molecule has 0 atom stereocenters. The number of halogens is 2. The predicted molar refractivity (Wildman–Crippen MR) is 111 cm³/mol. The van der Waals surface area contributed by atoms with Crippen molar-refractivity contribution in [2.45, 2.75) is 31.2 Å². The zero-order valence-electron chi connectivity index (χ0n) is 17.6. The van der Waals surface area contributed by atoms with Gasteiger partial charge in [-0.25, -0.2) is 41.3 Å². The van der Waals surface area contributed by atoms with E-state index < -0.39 is 29.6 Å². The van der Waals surface area contributed by atoms with Gasteiger partial charge in [-0.05, 0) is 12.8 Å². The van der Waals surface area contributed by atoms with E-state index >= 15 is 0 Å². The van der Waals surface area contributed by atoms with Crippen molar-refractivity contribution in [3.63, 3.8) is 0 Å². The number of hydrazine groups is 2. The second kappa shape index (κ2) is 10.1. The van der Waals surface area contributed by atoms with Crippen LogP contribution < -0.4 is 62.5 Å². The first kappa shape index (κ1) is 27.0. The third-order valence-electron chi connectivity index (χ3n) is 5.50. The third kappa shape index (κ3) is 5.62. The Morgan fingerprint density at radius 3 is 1.97 bits per heavy atom. The molecule has 0 spiro atoms. The Morgan fingerprint density at radius 1 is 1.03 bits per heavy atom. The number of aromatic nitrogens is 2. The number of anilines is 2. The van der Waals surface area contributed by atoms with Crippen LogP contribution in [0.5, 0.6) is 0 Å². The van der Waals surface area contributed by atoms with Crippen molar-refractivity contribution in [1.29, 1.82) is 0 Å². The number of quaternary nitrogens is 1. The monoisotopic (exact) mass is 570 g/mol. The predicted octanol–water partition coefficient (Wildman–Crippen LogP) is -3.60. The first-order valence-electron chi connectivity index (χ1n) is 9.16. The number of hydrogen-bond acceptors (Lipinski definition) is 7. The van der Waals surface area contributed by atoms with Gasteiger partial charge in [-0.2, -0.15) is 0 Å². The number of carbonyl (C=O) groups excluding carboxylic acids is 3. The summed E-state index contributed by atoms with van der Waals surface area (Å²) in [7, 11) is 6.22. The lowest BCUT2D eigenvalue weighted by Gasteiger charge is -2.44. The maximum atomic E-state index is 12.9. The number of primary amides is 2. The molecule has 174 valence electrons. The maximum absolute atomic E-state index is 12.9. The van der Waals surface area contributed by atoms with E-state index in [4.69, 9.17) is 34.8 Å². The number of nitrogens with one attached hydrogen (secondary N) is 1. The Balaban J connectivity index is 0.00000480. The molecule has 15 heteroatoms. The molecule has 2 rings (SSSR count). The summed E-state index contributed by atoms with van der Waals surface area (Å²) in [4.78, 5) is 43.7. The number of nitrogens with two attached hydrogens (primary N) is 4. The van der Waals surface area contributed by atoms with Gasteiger partial charge in [0.2, 0.25) is 0 Å². The van der Waals surface area contributed by atoms with Gasteiger partial charge in [0.05, 0.1) is 27.7 Å². The molecule has 1 aliphatic rings. The minimum atomic E-state index is -1.12. The van der Waals surface area contributed by atoms with E-state index in [9.17, 15) is 14.4 Å². The highest BCUT2D eigenvalue weighted by atomic mass is 127. The van der Waals surface area contributed by atoms with E-state index in [0.29, 0.717) is 21.0 Å². The van der Waals surface area contributed by atoms with Gasteiger partial charge in [-0.3, -0.25) is 4.79 Å². The van der Waals surface area contributed by atoms with Crippen LogP contribution in [-0.4, -0.2) is 65.6 Å². The average Bonchev–Trinajstić information content (AvgIpc) is 3.14. The van der Waals surface area contributed by atoms with Crippen molar-refractivity contribution >= 4 is 41.2 Å². The minimum Gasteiger partial charge on any atom is -1.00 e. The van der Waals surface area contributed by atoms with Gasteiger partial charge in [0.25, 0.3) is 5.91 Å². The molecule has 1 saturated carbocycles. The van der Waals surface area contributed by atoms with E-state index in [1.165, 1.54) is 0 Å². The molecule has 1 aromatic heterocycles. The molecule has 31 heavy (non-hydrogen) atoms.